The summed E-state index contributed by atoms with van der Waals surface area (Å²) in [6.07, 6.45) is 1.29. The van der Waals surface area contributed by atoms with E-state index < -0.39 is 11.8 Å². The van der Waals surface area contributed by atoms with Crippen molar-refractivity contribution in [2.45, 2.75) is 0 Å². The monoisotopic (exact) mass is 182 g/mol. The van der Waals surface area contributed by atoms with Crippen molar-refractivity contribution in [1.82, 2.24) is 10.3 Å². The molecule has 0 atom stereocenters. The summed E-state index contributed by atoms with van der Waals surface area (Å²) >= 11 is 5.53. The number of carbonyl (C=O) groups is 2. The molecular formula is C7H3ClN2O2. The van der Waals surface area contributed by atoms with E-state index in [1.54, 1.807) is 0 Å². The first-order valence-corrected chi connectivity index (χ1v) is 3.57. The standard InChI is InChI=1S/C7H3ClN2O2/c8-5-1-3-4(2-9-5)7(12)10-6(3)11/h1-2H,(H,10,11,12). The van der Waals surface area contributed by atoms with Gasteiger partial charge in [0.25, 0.3) is 11.8 Å². The van der Waals surface area contributed by atoms with Crippen molar-refractivity contribution in [2.24, 2.45) is 0 Å². The van der Waals surface area contributed by atoms with Crippen LogP contribution in [0.3, 0.4) is 0 Å². The van der Waals surface area contributed by atoms with Crippen LogP contribution in [0.4, 0.5) is 0 Å². The zero-order chi connectivity index (χ0) is 8.72. The number of pyridine rings is 1. The Morgan fingerprint density at radius 1 is 1.25 bits per heavy atom. The van der Waals surface area contributed by atoms with Crippen LogP contribution in [0.2, 0.25) is 5.15 Å². The number of carbonyl (C=O) groups excluding carboxylic acids is 2. The van der Waals surface area contributed by atoms with E-state index in [1.807, 2.05) is 0 Å². The molecule has 1 aromatic rings. The predicted octanol–water partition coefficient (Wildman–Crippen LogP) is 0.619. The Morgan fingerprint density at radius 3 is 2.67 bits per heavy atom. The highest BCUT2D eigenvalue weighted by molar-refractivity contribution is 6.30. The second kappa shape index (κ2) is 2.28. The van der Waals surface area contributed by atoms with Crippen LogP contribution in [0.15, 0.2) is 12.3 Å². The Kier molecular flexibility index (Phi) is 1.38. The Bertz CT molecular complexity index is 389. The minimum Gasteiger partial charge on any atom is -0.288 e. The lowest BCUT2D eigenvalue weighted by molar-refractivity contribution is 0.0879. The minimum atomic E-state index is -0.417. The molecule has 1 aromatic heterocycles. The number of imide groups is 1. The lowest BCUT2D eigenvalue weighted by Crippen LogP contribution is -2.19. The van der Waals surface area contributed by atoms with Crippen LogP contribution in [0, 0.1) is 0 Å². The van der Waals surface area contributed by atoms with Gasteiger partial charge in [-0.05, 0) is 6.07 Å². The van der Waals surface area contributed by atoms with Crippen molar-refractivity contribution in [3.8, 4) is 0 Å². The summed E-state index contributed by atoms with van der Waals surface area (Å²) in [4.78, 5) is 25.7. The lowest BCUT2D eigenvalue weighted by Gasteiger charge is -1.91. The highest BCUT2D eigenvalue weighted by atomic mass is 35.5. The second-order valence-corrected chi connectivity index (χ2v) is 2.72. The molecule has 0 spiro atoms. The molecule has 0 aromatic carbocycles. The van der Waals surface area contributed by atoms with Gasteiger partial charge in [0.05, 0.1) is 11.1 Å². The molecular weight excluding hydrogens is 180 g/mol. The van der Waals surface area contributed by atoms with E-state index in [9.17, 15) is 9.59 Å². The highest BCUT2D eigenvalue weighted by Crippen LogP contribution is 2.17. The summed E-state index contributed by atoms with van der Waals surface area (Å²) in [5.41, 5.74) is 0.574. The van der Waals surface area contributed by atoms with Gasteiger partial charge in [-0.1, -0.05) is 11.6 Å². The van der Waals surface area contributed by atoms with Gasteiger partial charge in [0.1, 0.15) is 5.15 Å². The van der Waals surface area contributed by atoms with Gasteiger partial charge in [-0.2, -0.15) is 0 Å². The van der Waals surface area contributed by atoms with Crippen molar-refractivity contribution in [3.63, 3.8) is 0 Å². The van der Waals surface area contributed by atoms with Crippen LogP contribution in [-0.4, -0.2) is 16.8 Å². The molecule has 1 N–H and O–H groups in total. The Balaban J connectivity index is 2.68. The van der Waals surface area contributed by atoms with Crippen LogP contribution < -0.4 is 5.32 Å². The van der Waals surface area contributed by atoms with E-state index in [0.29, 0.717) is 5.56 Å². The van der Waals surface area contributed by atoms with E-state index in [4.69, 9.17) is 11.6 Å². The summed E-state index contributed by atoms with van der Waals surface area (Å²) < 4.78 is 0. The van der Waals surface area contributed by atoms with Gasteiger partial charge in [0, 0.05) is 6.20 Å². The summed E-state index contributed by atoms with van der Waals surface area (Å²) in [6.45, 7) is 0. The van der Waals surface area contributed by atoms with E-state index in [0.717, 1.165) is 0 Å². The van der Waals surface area contributed by atoms with Crippen LogP contribution in [0.1, 0.15) is 20.7 Å². The van der Waals surface area contributed by atoms with Gasteiger partial charge in [0.2, 0.25) is 0 Å². The number of fused-ring (bicyclic) bond motifs is 1. The molecule has 0 fully saturated rings. The topological polar surface area (TPSA) is 59.1 Å². The summed E-state index contributed by atoms with van der Waals surface area (Å²) in [7, 11) is 0. The zero-order valence-electron chi connectivity index (χ0n) is 5.80. The third-order valence-corrected chi connectivity index (χ3v) is 1.79. The molecule has 0 saturated heterocycles. The van der Waals surface area contributed by atoms with E-state index in [1.165, 1.54) is 12.3 Å². The third-order valence-electron chi connectivity index (χ3n) is 1.59. The maximum atomic E-state index is 11.0. The highest BCUT2D eigenvalue weighted by Gasteiger charge is 2.26. The number of rotatable bonds is 0. The second-order valence-electron chi connectivity index (χ2n) is 2.34. The Morgan fingerprint density at radius 2 is 1.92 bits per heavy atom. The maximum absolute atomic E-state index is 11.0. The molecule has 0 radical (unpaired) electrons. The van der Waals surface area contributed by atoms with Gasteiger partial charge in [-0.3, -0.25) is 14.9 Å². The van der Waals surface area contributed by atoms with Crippen LogP contribution in [-0.2, 0) is 0 Å². The molecule has 5 heteroatoms. The first-order chi connectivity index (χ1) is 5.68. The van der Waals surface area contributed by atoms with Crippen LogP contribution in [0.5, 0.6) is 0 Å². The number of amides is 2. The van der Waals surface area contributed by atoms with Crippen molar-refractivity contribution in [3.05, 3.63) is 28.5 Å². The maximum Gasteiger partial charge on any atom is 0.260 e. The number of hydrogen-bond acceptors (Lipinski definition) is 3. The molecule has 0 saturated carbocycles. The minimum absolute atomic E-state index is 0.207. The van der Waals surface area contributed by atoms with E-state index in [2.05, 4.69) is 10.3 Å². The van der Waals surface area contributed by atoms with Gasteiger partial charge >= 0.3 is 0 Å². The van der Waals surface area contributed by atoms with Crippen molar-refractivity contribution >= 4 is 23.4 Å². The van der Waals surface area contributed by atoms with Gasteiger partial charge in [0.15, 0.2) is 0 Å². The molecule has 1 aliphatic rings. The first kappa shape index (κ1) is 7.24. The van der Waals surface area contributed by atoms with Crippen molar-refractivity contribution in [1.29, 1.82) is 0 Å². The zero-order valence-corrected chi connectivity index (χ0v) is 6.55. The van der Waals surface area contributed by atoms with Crippen molar-refractivity contribution in [2.75, 3.05) is 0 Å². The molecule has 2 amide bonds. The Labute approximate surface area is 72.6 Å². The average Bonchev–Trinajstić information content (AvgIpc) is 2.28. The van der Waals surface area contributed by atoms with Crippen molar-refractivity contribution < 1.29 is 9.59 Å². The van der Waals surface area contributed by atoms with E-state index >= 15 is 0 Å². The molecule has 2 heterocycles. The SMILES string of the molecule is O=C1NC(=O)c2cc(Cl)ncc21. The predicted molar refractivity (Wildman–Crippen MR) is 41.0 cm³/mol. The quantitative estimate of drug-likeness (QED) is 0.473. The fourth-order valence-electron chi connectivity index (χ4n) is 1.04. The molecule has 12 heavy (non-hydrogen) atoms. The average molecular weight is 183 g/mol. The summed E-state index contributed by atoms with van der Waals surface area (Å²) in [5, 5.41) is 2.34. The van der Waals surface area contributed by atoms with Crippen LogP contribution in [0.25, 0.3) is 0 Å². The normalized spacial score (nSPS) is 14.4. The summed E-state index contributed by atoms with van der Waals surface area (Å²) in [6, 6.07) is 1.37. The molecule has 0 bridgehead atoms. The number of halogens is 1. The Hall–Kier alpha value is -1.42. The van der Waals surface area contributed by atoms with Gasteiger partial charge in [-0.15, -0.1) is 0 Å². The van der Waals surface area contributed by atoms with E-state index in [-0.39, 0.29) is 10.7 Å². The molecule has 0 aliphatic carbocycles. The largest absolute Gasteiger partial charge is 0.288 e. The van der Waals surface area contributed by atoms with Gasteiger partial charge in [-0.25, -0.2) is 4.98 Å². The molecule has 4 nitrogen and oxygen atoms in total. The number of aromatic nitrogens is 1. The molecule has 60 valence electrons. The molecule has 2 rings (SSSR count). The first-order valence-electron chi connectivity index (χ1n) is 3.20. The summed E-state index contributed by atoms with van der Waals surface area (Å²) in [5.74, 6) is -0.835. The molecule has 0 unspecified atom stereocenters. The third kappa shape index (κ3) is 0.887. The van der Waals surface area contributed by atoms with Gasteiger partial charge < -0.3 is 0 Å². The molecule has 1 aliphatic heterocycles. The number of nitrogens with one attached hydrogen (secondary N) is 1. The lowest BCUT2D eigenvalue weighted by atomic mass is 10.2. The fraction of sp³-hybridized carbons (Fsp3) is 0. The smallest absolute Gasteiger partial charge is 0.260 e. The number of hydrogen-bond donors (Lipinski definition) is 1. The fourth-order valence-corrected chi connectivity index (χ4v) is 1.19. The van der Waals surface area contributed by atoms with Crippen LogP contribution >= 0.6 is 11.6 Å². The number of nitrogens with zero attached hydrogens (tertiary/aromatic N) is 1.